The standard InChI is InChI=1S/C11H22N2O4/c1-8(10(14)15)12-6-4-3-5-7-13-9(2)11(16)17/h8-9,12-13H,3-7H2,1-2H3,(H,14,15)(H,16,17)/t8-,9-/m0/s1. The van der Waals surface area contributed by atoms with Gasteiger partial charge in [0.2, 0.25) is 0 Å². The second kappa shape index (κ2) is 8.95. The quantitative estimate of drug-likeness (QED) is 0.413. The number of rotatable bonds is 10. The molecule has 0 aliphatic heterocycles. The van der Waals surface area contributed by atoms with Gasteiger partial charge in [-0.3, -0.25) is 9.59 Å². The van der Waals surface area contributed by atoms with E-state index >= 15 is 0 Å². The summed E-state index contributed by atoms with van der Waals surface area (Å²) in [4.78, 5) is 21.0. The van der Waals surface area contributed by atoms with Crippen LogP contribution in [0.3, 0.4) is 0 Å². The molecule has 0 fully saturated rings. The van der Waals surface area contributed by atoms with E-state index in [1.165, 1.54) is 0 Å². The maximum atomic E-state index is 10.5. The summed E-state index contributed by atoms with van der Waals surface area (Å²) in [5.41, 5.74) is 0. The van der Waals surface area contributed by atoms with E-state index in [2.05, 4.69) is 10.6 Å². The third-order valence-corrected chi connectivity index (χ3v) is 2.50. The van der Waals surface area contributed by atoms with Crippen LogP contribution < -0.4 is 10.6 Å². The molecule has 0 aromatic heterocycles. The molecule has 0 unspecified atom stereocenters. The lowest BCUT2D eigenvalue weighted by Crippen LogP contribution is -2.35. The number of hydrogen-bond acceptors (Lipinski definition) is 4. The Labute approximate surface area is 101 Å². The van der Waals surface area contributed by atoms with Crippen molar-refractivity contribution in [3.8, 4) is 0 Å². The summed E-state index contributed by atoms with van der Waals surface area (Å²) in [6.07, 6.45) is 2.72. The number of hydrogen-bond donors (Lipinski definition) is 4. The Hall–Kier alpha value is -1.14. The smallest absolute Gasteiger partial charge is 0.320 e. The summed E-state index contributed by atoms with van der Waals surface area (Å²) in [7, 11) is 0. The van der Waals surface area contributed by atoms with Crippen molar-refractivity contribution in [2.75, 3.05) is 13.1 Å². The van der Waals surface area contributed by atoms with Crippen LogP contribution in [0.2, 0.25) is 0 Å². The molecule has 2 atom stereocenters. The average molecular weight is 246 g/mol. The van der Waals surface area contributed by atoms with Crippen molar-refractivity contribution in [2.45, 2.75) is 45.2 Å². The molecule has 0 spiro atoms. The van der Waals surface area contributed by atoms with E-state index < -0.39 is 24.0 Å². The Morgan fingerprint density at radius 1 is 0.882 bits per heavy atom. The predicted molar refractivity (Wildman–Crippen MR) is 64.1 cm³/mol. The summed E-state index contributed by atoms with van der Waals surface area (Å²) in [5, 5.41) is 23.0. The summed E-state index contributed by atoms with van der Waals surface area (Å²) in [6.45, 7) is 4.56. The molecule has 4 N–H and O–H groups in total. The lowest BCUT2D eigenvalue weighted by Gasteiger charge is -2.10. The maximum Gasteiger partial charge on any atom is 0.320 e. The van der Waals surface area contributed by atoms with Crippen LogP contribution in [-0.4, -0.2) is 47.3 Å². The van der Waals surface area contributed by atoms with Crippen LogP contribution in [0.25, 0.3) is 0 Å². The number of carbonyl (C=O) groups is 2. The first kappa shape index (κ1) is 15.9. The fourth-order valence-electron chi connectivity index (χ4n) is 1.24. The highest BCUT2D eigenvalue weighted by molar-refractivity contribution is 5.73. The second-order valence-corrected chi connectivity index (χ2v) is 4.09. The zero-order chi connectivity index (χ0) is 13.3. The lowest BCUT2D eigenvalue weighted by molar-refractivity contribution is -0.139. The van der Waals surface area contributed by atoms with Crippen molar-refractivity contribution < 1.29 is 19.8 Å². The number of carboxylic acid groups (broad SMARTS) is 2. The van der Waals surface area contributed by atoms with Gasteiger partial charge in [-0.25, -0.2) is 0 Å². The first-order valence-corrected chi connectivity index (χ1v) is 5.87. The van der Waals surface area contributed by atoms with Gasteiger partial charge in [0.15, 0.2) is 0 Å². The van der Waals surface area contributed by atoms with Crippen LogP contribution in [0.15, 0.2) is 0 Å². The van der Waals surface area contributed by atoms with Crippen LogP contribution in [-0.2, 0) is 9.59 Å². The molecular formula is C11H22N2O4. The Morgan fingerprint density at radius 3 is 1.53 bits per heavy atom. The predicted octanol–water partition coefficient (Wildman–Crippen LogP) is 0.282. The Balaban J connectivity index is 3.30. The topological polar surface area (TPSA) is 98.7 Å². The molecule has 0 saturated carbocycles. The fraction of sp³-hybridized carbons (Fsp3) is 0.818. The molecule has 6 nitrogen and oxygen atoms in total. The van der Waals surface area contributed by atoms with Gasteiger partial charge in [0, 0.05) is 0 Å². The Bertz CT molecular complexity index is 222. The number of aliphatic carboxylic acids is 2. The van der Waals surface area contributed by atoms with Gasteiger partial charge in [-0.15, -0.1) is 0 Å². The molecule has 6 heteroatoms. The third kappa shape index (κ3) is 8.65. The summed E-state index contributed by atoms with van der Waals surface area (Å²) >= 11 is 0. The van der Waals surface area contributed by atoms with Gasteiger partial charge in [0.1, 0.15) is 12.1 Å². The van der Waals surface area contributed by atoms with Gasteiger partial charge < -0.3 is 20.8 Å². The van der Waals surface area contributed by atoms with E-state index in [9.17, 15) is 9.59 Å². The molecule has 0 radical (unpaired) electrons. The normalized spacial score (nSPS) is 14.2. The Kier molecular flexibility index (Phi) is 8.35. The Morgan fingerprint density at radius 2 is 1.24 bits per heavy atom. The minimum Gasteiger partial charge on any atom is -0.480 e. The van der Waals surface area contributed by atoms with Gasteiger partial charge in [-0.05, 0) is 39.8 Å². The van der Waals surface area contributed by atoms with Crippen molar-refractivity contribution in [1.29, 1.82) is 0 Å². The van der Waals surface area contributed by atoms with E-state index in [1.54, 1.807) is 13.8 Å². The van der Waals surface area contributed by atoms with E-state index in [4.69, 9.17) is 10.2 Å². The van der Waals surface area contributed by atoms with Crippen molar-refractivity contribution in [3.05, 3.63) is 0 Å². The van der Waals surface area contributed by atoms with E-state index in [0.717, 1.165) is 19.3 Å². The second-order valence-electron chi connectivity index (χ2n) is 4.09. The number of unbranched alkanes of at least 4 members (excludes halogenated alkanes) is 2. The molecule has 17 heavy (non-hydrogen) atoms. The van der Waals surface area contributed by atoms with Crippen molar-refractivity contribution in [2.24, 2.45) is 0 Å². The van der Waals surface area contributed by atoms with Gasteiger partial charge in [-0.1, -0.05) is 6.42 Å². The highest BCUT2D eigenvalue weighted by atomic mass is 16.4. The molecule has 0 aromatic carbocycles. The molecule has 0 bridgehead atoms. The molecule has 0 rings (SSSR count). The summed E-state index contributed by atoms with van der Waals surface area (Å²) in [5.74, 6) is -1.69. The largest absolute Gasteiger partial charge is 0.480 e. The SMILES string of the molecule is C[C@H](NCCCCCN[C@@H](C)C(=O)O)C(=O)O. The van der Waals surface area contributed by atoms with Gasteiger partial charge in [-0.2, -0.15) is 0 Å². The summed E-state index contributed by atoms with van der Waals surface area (Å²) in [6, 6.07) is -1.03. The zero-order valence-electron chi connectivity index (χ0n) is 10.4. The van der Waals surface area contributed by atoms with Crippen LogP contribution in [0, 0.1) is 0 Å². The fourth-order valence-corrected chi connectivity index (χ4v) is 1.24. The first-order valence-electron chi connectivity index (χ1n) is 5.87. The van der Waals surface area contributed by atoms with Crippen LogP contribution >= 0.6 is 0 Å². The number of carboxylic acids is 2. The van der Waals surface area contributed by atoms with Crippen LogP contribution in [0.5, 0.6) is 0 Å². The molecule has 0 heterocycles. The molecule has 0 aromatic rings. The maximum absolute atomic E-state index is 10.5. The molecule has 100 valence electrons. The number of nitrogens with one attached hydrogen (secondary N) is 2. The van der Waals surface area contributed by atoms with Crippen molar-refractivity contribution >= 4 is 11.9 Å². The van der Waals surface area contributed by atoms with Gasteiger partial charge >= 0.3 is 11.9 Å². The van der Waals surface area contributed by atoms with Crippen LogP contribution in [0.4, 0.5) is 0 Å². The first-order chi connectivity index (χ1) is 7.95. The lowest BCUT2D eigenvalue weighted by atomic mass is 10.2. The van der Waals surface area contributed by atoms with Crippen LogP contribution in [0.1, 0.15) is 33.1 Å². The van der Waals surface area contributed by atoms with E-state index in [0.29, 0.717) is 13.1 Å². The van der Waals surface area contributed by atoms with Crippen molar-refractivity contribution in [1.82, 2.24) is 10.6 Å². The average Bonchev–Trinajstić information content (AvgIpc) is 2.26. The molecule has 0 aliphatic rings. The highest BCUT2D eigenvalue weighted by Gasteiger charge is 2.09. The third-order valence-electron chi connectivity index (χ3n) is 2.50. The van der Waals surface area contributed by atoms with E-state index in [1.807, 2.05) is 0 Å². The monoisotopic (exact) mass is 246 g/mol. The minimum absolute atomic E-state index is 0.514. The molecule has 0 aliphatic carbocycles. The molecular weight excluding hydrogens is 224 g/mol. The van der Waals surface area contributed by atoms with Gasteiger partial charge in [0.05, 0.1) is 0 Å². The minimum atomic E-state index is -0.845. The van der Waals surface area contributed by atoms with Crippen molar-refractivity contribution in [3.63, 3.8) is 0 Å². The highest BCUT2D eigenvalue weighted by Crippen LogP contribution is 1.94. The van der Waals surface area contributed by atoms with E-state index in [-0.39, 0.29) is 0 Å². The molecule has 0 amide bonds. The van der Waals surface area contributed by atoms with Gasteiger partial charge in [0.25, 0.3) is 0 Å². The summed E-state index contributed by atoms with van der Waals surface area (Å²) < 4.78 is 0. The molecule has 0 saturated heterocycles. The zero-order valence-corrected chi connectivity index (χ0v) is 10.4.